The molecule has 4 nitrogen and oxygen atoms in total. The lowest BCUT2D eigenvalue weighted by atomic mass is 10.4. The van der Waals surface area contributed by atoms with E-state index in [0.29, 0.717) is 5.95 Å². The molecule has 1 atom stereocenters. The van der Waals surface area contributed by atoms with Gasteiger partial charge in [-0.2, -0.15) is 0 Å². The fourth-order valence-corrected chi connectivity index (χ4v) is 2.85. The summed E-state index contributed by atoms with van der Waals surface area (Å²) in [5.74, 6) is 0.213. The molecular formula is C13H12BrN3OS. The van der Waals surface area contributed by atoms with Gasteiger partial charge in [0.15, 0.2) is 0 Å². The molecule has 0 saturated carbocycles. The number of hydrogen-bond acceptors (Lipinski definition) is 4. The lowest BCUT2D eigenvalue weighted by molar-refractivity contribution is -0.115. The average Bonchev–Trinajstić information content (AvgIpc) is 2.40. The Labute approximate surface area is 124 Å². The van der Waals surface area contributed by atoms with E-state index in [4.69, 9.17) is 0 Å². The van der Waals surface area contributed by atoms with Gasteiger partial charge in [0.25, 0.3) is 0 Å². The molecule has 1 amide bonds. The van der Waals surface area contributed by atoms with Gasteiger partial charge in [0.2, 0.25) is 11.9 Å². The number of nitrogens with one attached hydrogen (secondary N) is 1. The van der Waals surface area contributed by atoms with Crippen molar-refractivity contribution < 1.29 is 4.79 Å². The predicted molar refractivity (Wildman–Crippen MR) is 80.1 cm³/mol. The van der Waals surface area contributed by atoms with E-state index < -0.39 is 0 Å². The third kappa shape index (κ3) is 4.33. The first-order chi connectivity index (χ1) is 9.15. The number of halogens is 1. The zero-order chi connectivity index (χ0) is 13.7. The van der Waals surface area contributed by atoms with E-state index in [1.807, 2.05) is 31.2 Å². The van der Waals surface area contributed by atoms with Crippen molar-refractivity contribution in [3.05, 3.63) is 47.2 Å². The first-order valence-electron chi connectivity index (χ1n) is 5.65. The number of carbonyl (C=O) groups excluding carboxylic acids is 1. The van der Waals surface area contributed by atoms with Crippen LogP contribution < -0.4 is 5.32 Å². The molecule has 6 heteroatoms. The van der Waals surface area contributed by atoms with E-state index in [1.165, 1.54) is 11.8 Å². The van der Waals surface area contributed by atoms with Crippen LogP contribution in [-0.4, -0.2) is 21.1 Å². The Morgan fingerprint density at radius 1 is 1.32 bits per heavy atom. The van der Waals surface area contributed by atoms with Crippen molar-refractivity contribution in [2.45, 2.75) is 17.1 Å². The lowest BCUT2D eigenvalue weighted by Crippen LogP contribution is -2.23. The second-order valence-electron chi connectivity index (χ2n) is 3.78. The number of aromatic nitrogens is 2. The standard InChI is InChI=1S/C13H12BrN3OS/c1-9(19-11-5-2-4-10(14)8-11)12(18)17-13-15-6-3-7-16-13/h2-9H,1H3,(H,15,16,17,18)/t9-/m1/s1. The minimum absolute atomic E-state index is 0.115. The largest absolute Gasteiger partial charge is 0.294 e. The van der Waals surface area contributed by atoms with E-state index in [9.17, 15) is 4.79 Å². The van der Waals surface area contributed by atoms with Gasteiger partial charge in [0.05, 0.1) is 5.25 Å². The van der Waals surface area contributed by atoms with Crippen LogP contribution in [0.25, 0.3) is 0 Å². The summed E-state index contributed by atoms with van der Waals surface area (Å²) < 4.78 is 0.997. The summed E-state index contributed by atoms with van der Waals surface area (Å²) in [6.07, 6.45) is 3.18. The zero-order valence-electron chi connectivity index (χ0n) is 10.2. The Hall–Kier alpha value is -1.40. The summed E-state index contributed by atoms with van der Waals surface area (Å²) in [6.45, 7) is 1.85. The second kappa shape index (κ2) is 6.68. The molecule has 0 radical (unpaired) electrons. The van der Waals surface area contributed by atoms with Crippen molar-refractivity contribution in [1.82, 2.24) is 9.97 Å². The quantitative estimate of drug-likeness (QED) is 0.869. The van der Waals surface area contributed by atoms with E-state index in [0.717, 1.165) is 9.37 Å². The smallest absolute Gasteiger partial charge is 0.239 e. The van der Waals surface area contributed by atoms with Crippen LogP contribution in [0.2, 0.25) is 0 Å². The summed E-state index contributed by atoms with van der Waals surface area (Å²) in [5, 5.41) is 2.46. The maximum Gasteiger partial charge on any atom is 0.239 e. The van der Waals surface area contributed by atoms with Gasteiger partial charge >= 0.3 is 0 Å². The van der Waals surface area contributed by atoms with Crippen molar-refractivity contribution in [2.75, 3.05) is 5.32 Å². The second-order valence-corrected chi connectivity index (χ2v) is 6.11. The monoisotopic (exact) mass is 337 g/mol. The summed E-state index contributed by atoms with van der Waals surface area (Å²) in [4.78, 5) is 20.9. The highest BCUT2D eigenvalue weighted by molar-refractivity contribution is 9.10. The Kier molecular flexibility index (Phi) is 4.93. The van der Waals surface area contributed by atoms with Gasteiger partial charge in [-0.3, -0.25) is 10.1 Å². The molecule has 0 bridgehead atoms. The van der Waals surface area contributed by atoms with Gasteiger partial charge in [-0.1, -0.05) is 22.0 Å². The Balaban J connectivity index is 1.96. The highest BCUT2D eigenvalue weighted by Crippen LogP contribution is 2.26. The molecule has 2 aromatic rings. The summed E-state index contributed by atoms with van der Waals surface area (Å²) in [6, 6.07) is 9.55. The molecule has 0 saturated heterocycles. The summed E-state index contributed by atoms with van der Waals surface area (Å²) in [7, 11) is 0. The Bertz CT molecular complexity index is 565. The van der Waals surface area contributed by atoms with Crippen LogP contribution in [-0.2, 0) is 4.79 Å². The third-order valence-electron chi connectivity index (χ3n) is 2.28. The number of carbonyl (C=O) groups is 1. The maximum absolute atomic E-state index is 12.0. The molecular weight excluding hydrogens is 326 g/mol. The average molecular weight is 338 g/mol. The maximum atomic E-state index is 12.0. The zero-order valence-corrected chi connectivity index (χ0v) is 12.6. The number of rotatable bonds is 4. The number of hydrogen-bond donors (Lipinski definition) is 1. The van der Waals surface area contributed by atoms with E-state index >= 15 is 0 Å². The minimum atomic E-state index is -0.224. The Morgan fingerprint density at radius 2 is 2.05 bits per heavy atom. The topological polar surface area (TPSA) is 54.9 Å². The molecule has 0 unspecified atom stereocenters. The van der Waals surface area contributed by atoms with Crippen molar-refractivity contribution in [3.8, 4) is 0 Å². The van der Waals surface area contributed by atoms with Gasteiger partial charge < -0.3 is 0 Å². The first kappa shape index (κ1) is 14.0. The highest BCUT2D eigenvalue weighted by atomic mass is 79.9. The van der Waals surface area contributed by atoms with Gasteiger partial charge in [-0.25, -0.2) is 9.97 Å². The van der Waals surface area contributed by atoms with Crippen LogP contribution in [0.4, 0.5) is 5.95 Å². The normalized spacial score (nSPS) is 11.9. The van der Waals surface area contributed by atoms with Crippen LogP contribution in [0, 0.1) is 0 Å². The molecule has 1 heterocycles. The van der Waals surface area contributed by atoms with Crippen LogP contribution in [0.1, 0.15) is 6.92 Å². The number of anilines is 1. The Morgan fingerprint density at radius 3 is 2.74 bits per heavy atom. The van der Waals surface area contributed by atoms with Crippen LogP contribution in [0.3, 0.4) is 0 Å². The SMILES string of the molecule is C[C@@H](Sc1cccc(Br)c1)C(=O)Nc1ncccn1. The fraction of sp³-hybridized carbons (Fsp3) is 0.154. The van der Waals surface area contributed by atoms with Crippen LogP contribution in [0.5, 0.6) is 0 Å². The molecule has 19 heavy (non-hydrogen) atoms. The van der Waals surface area contributed by atoms with Crippen molar-refractivity contribution in [2.24, 2.45) is 0 Å². The molecule has 0 aliphatic heterocycles. The van der Waals surface area contributed by atoms with Crippen molar-refractivity contribution in [3.63, 3.8) is 0 Å². The number of thioether (sulfide) groups is 1. The number of nitrogens with zero attached hydrogens (tertiary/aromatic N) is 2. The molecule has 1 aromatic heterocycles. The molecule has 1 N–H and O–H groups in total. The van der Waals surface area contributed by atoms with Crippen molar-refractivity contribution >= 4 is 39.5 Å². The van der Waals surface area contributed by atoms with E-state index in [-0.39, 0.29) is 11.2 Å². The molecule has 0 aliphatic rings. The van der Waals surface area contributed by atoms with Gasteiger partial charge in [0.1, 0.15) is 0 Å². The molecule has 0 aliphatic carbocycles. The molecule has 2 rings (SSSR count). The van der Waals surface area contributed by atoms with Gasteiger partial charge in [-0.15, -0.1) is 11.8 Å². The molecule has 98 valence electrons. The third-order valence-corrected chi connectivity index (χ3v) is 3.87. The number of amides is 1. The summed E-state index contributed by atoms with van der Waals surface area (Å²) in [5.41, 5.74) is 0. The molecule has 1 aromatic carbocycles. The highest BCUT2D eigenvalue weighted by Gasteiger charge is 2.15. The van der Waals surface area contributed by atoms with Gasteiger partial charge in [-0.05, 0) is 31.2 Å². The minimum Gasteiger partial charge on any atom is -0.294 e. The molecule has 0 spiro atoms. The lowest BCUT2D eigenvalue weighted by Gasteiger charge is -2.11. The van der Waals surface area contributed by atoms with Crippen LogP contribution in [0.15, 0.2) is 52.1 Å². The van der Waals surface area contributed by atoms with Crippen molar-refractivity contribution in [1.29, 1.82) is 0 Å². The van der Waals surface area contributed by atoms with Gasteiger partial charge in [0, 0.05) is 21.8 Å². The number of benzene rings is 1. The first-order valence-corrected chi connectivity index (χ1v) is 7.32. The summed E-state index contributed by atoms with van der Waals surface area (Å²) >= 11 is 4.90. The fourth-order valence-electron chi connectivity index (χ4n) is 1.37. The molecule has 0 fully saturated rings. The van der Waals surface area contributed by atoms with Crippen LogP contribution >= 0.6 is 27.7 Å². The van der Waals surface area contributed by atoms with E-state index in [1.54, 1.807) is 18.5 Å². The van der Waals surface area contributed by atoms with E-state index in [2.05, 4.69) is 31.2 Å². The predicted octanol–water partition coefficient (Wildman–Crippen LogP) is 3.36.